The van der Waals surface area contributed by atoms with Gasteiger partial charge in [0.05, 0.1) is 6.04 Å². The summed E-state index contributed by atoms with van der Waals surface area (Å²) in [6.07, 6.45) is 10.3. The van der Waals surface area contributed by atoms with E-state index in [9.17, 15) is 4.79 Å². The minimum Gasteiger partial charge on any atom is -0.341 e. The fraction of sp³-hybridized carbons (Fsp3) is 0.938. The van der Waals surface area contributed by atoms with E-state index < -0.39 is 0 Å². The number of hydrogen-bond donors (Lipinski definition) is 1. The van der Waals surface area contributed by atoms with Crippen LogP contribution in [-0.4, -0.2) is 36.5 Å². The van der Waals surface area contributed by atoms with E-state index in [2.05, 4.69) is 12.2 Å². The lowest BCUT2D eigenvalue weighted by Crippen LogP contribution is -2.49. The second-order valence-electron chi connectivity index (χ2n) is 6.86. The van der Waals surface area contributed by atoms with Gasteiger partial charge in [0, 0.05) is 19.6 Å². The molecule has 1 atom stereocenters. The maximum atomic E-state index is 12.3. The molecule has 3 nitrogen and oxygen atoms in total. The molecule has 2 aliphatic rings. The maximum Gasteiger partial charge on any atom is 0.239 e. The fourth-order valence-corrected chi connectivity index (χ4v) is 3.46. The van der Waals surface area contributed by atoms with Gasteiger partial charge in [0.1, 0.15) is 0 Å². The Morgan fingerprint density at radius 1 is 1.11 bits per heavy atom. The van der Waals surface area contributed by atoms with Gasteiger partial charge in [-0.05, 0) is 44.4 Å². The maximum absolute atomic E-state index is 12.3. The summed E-state index contributed by atoms with van der Waals surface area (Å²) in [5, 5.41) is 3.50. The van der Waals surface area contributed by atoms with E-state index in [1.165, 1.54) is 51.4 Å². The highest BCUT2D eigenvalue weighted by molar-refractivity contribution is 5.81. The molecule has 2 rings (SSSR count). The van der Waals surface area contributed by atoms with Gasteiger partial charge in [-0.1, -0.05) is 26.2 Å². The molecule has 1 aliphatic carbocycles. The van der Waals surface area contributed by atoms with Crippen molar-refractivity contribution >= 4 is 5.91 Å². The van der Waals surface area contributed by atoms with Crippen molar-refractivity contribution in [3.8, 4) is 0 Å². The van der Waals surface area contributed by atoms with Crippen LogP contribution in [-0.2, 0) is 4.79 Å². The Kier molecular flexibility index (Phi) is 5.26. The highest BCUT2D eigenvalue weighted by Gasteiger charge is 2.29. The number of carbonyl (C=O) groups is 1. The van der Waals surface area contributed by atoms with E-state index in [4.69, 9.17) is 0 Å². The minimum absolute atomic E-state index is 0.0168. The molecule has 0 aromatic carbocycles. The van der Waals surface area contributed by atoms with Gasteiger partial charge in [-0.3, -0.25) is 4.79 Å². The first kappa shape index (κ1) is 14.8. The first-order chi connectivity index (χ1) is 9.11. The third-order valence-electron chi connectivity index (χ3n) is 4.93. The molecule has 1 aliphatic heterocycles. The molecule has 0 aromatic heterocycles. The van der Waals surface area contributed by atoms with Gasteiger partial charge in [0.25, 0.3) is 0 Å². The summed E-state index contributed by atoms with van der Waals surface area (Å²) in [6.45, 7) is 7.32. The standard InChI is InChI=1S/C16H30N2O/c1-14(15(19)18-11-7-4-8-12-18)17-13-16(2)9-5-3-6-10-16/h14,17H,3-13H2,1-2H3. The molecule has 110 valence electrons. The molecule has 3 heteroatoms. The molecule has 0 bridgehead atoms. The lowest BCUT2D eigenvalue weighted by Gasteiger charge is -2.36. The molecule has 0 radical (unpaired) electrons. The average Bonchev–Trinajstić information content (AvgIpc) is 2.46. The van der Waals surface area contributed by atoms with Crippen molar-refractivity contribution < 1.29 is 4.79 Å². The third-order valence-corrected chi connectivity index (χ3v) is 4.93. The summed E-state index contributed by atoms with van der Waals surface area (Å²) in [6, 6.07) is -0.0168. The zero-order valence-electron chi connectivity index (χ0n) is 12.7. The molecule has 1 heterocycles. The van der Waals surface area contributed by atoms with Crippen molar-refractivity contribution in [1.29, 1.82) is 0 Å². The SMILES string of the molecule is CC(NCC1(C)CCCCC1)C(=O)N1CCCCC1. The Morgan fingerprint density at radius 3 is 2.32 bits per heavy atom. The van der Waals surface area contributed by atoms with Crippen LogP contribution in [0.3, 0.4) is 0 Å². The number of likely N-dealkylation sites (tertiary alicyclic amines) is 1. The van der Waals surface area contributed by atoms with Gasteiger partial charge < -0.3 is 10.2 Å². The molecule has 1 saturated carbocycles. The molecule has 1 unspecified atom stereocenters. The number of carbonyl (C=O) groups excluding carboxylic acids is 1. The summed E-state index contributed by atoms with van der Waals surface area (Å²) < 4.78 is 0. The van der Waals surface area contributed by atoms with Crippen LogP contribution in [0.4, 0.5) is 0 Å². The van der Waals surface area contributed by atoms with E-state index in [-0.39, 0.29) is 6.04 Å². The summed E-state index contributed by atoms with van der Waals surface area (Å²) in [4.78, 5) is 14.4. The molecule has 19 heavy (non-hydrogen) atoms. The number of piperidine rings is 1. The summed E-state index contributed by atoms with van der Waals surface area (Å²) in [5.41, 5.74) is 0.411. The minimum atomic E-state index is -0.0168. The number of nitrogens with zero attached hydrogens (tertiary/aromatic N) is 1. The van der Waals surface area contributed by atoms with E-state index in [1.54, 1.807) is 0 Å². The Balaban J connectivity index is 1.76. The Hall–Kier alpha value is -0.570. The van der Waals surface area contributed by atoms with Gasteiger partial charge in [-0.15, -0.1) is 0 Å². The predicted molar refractivity (Wildman–Crippen MR) is 79.1 cm³/mol. The molecule has 1 saturated heterocycles. The Bertz CT molecular complexity index is 291. The van der Waals surface area contributed by atoms with Crippen LogP contribution < -0.4 is 5.32 Å². The molecule has 0 aromatic rings. The van der Waals surface area contributed by atoms with Crippen molar-refractivity contribution in [2.45, 2.75) is 71.3 Å². The van der Waals surface area contributed by atoms with Crippen LogP contribution in [0.25, 0.3) is 0 Å². The van der Waals surface area contributed by atoms with E-state index in [0.717, 1.165) is 19.6 Å². The van der Waals surface area contributed by atoms with Gasteiger partial charge in [-0.25, -0.2) is 0 Å². The summed E-state index contributed by atoms with van der Waals surface area (Å²) in [7, 11) is 0. The van der Waals surface area contributed by atoms with Crippen molar-refractivity contribution in [2.75, 3.05) is 19.6 Å². The quantitative estimate of drug-likeness (QED) is 0.848. The van der Waals surface area contributed by atoms with Gasteiger partial charge >= 0.3 is 0 Å². The molecule has 1 N–H and O–H groups in total. The lowest BCUT2D eigenvalue weighted by molar-refractivity contribution is -0.134. The molecule has 0 spiro atoms. The van der Waals surface area contributed by atoms with Crippen molar-refractivity contribution in [3.63, 3.8) is 0 Å². The second kappa shape index (κ2) is 6.74. The predicted octanol–water partition coefficient (Wildman–Crippen LogP) is 2.95. The van der Waals surface area contributed by atoms with Crippen molar-refractivity contribution in [3.05, 3.63) is 0 Å². The first-order valence-electron chi connectivity index (χ1n) is 8.13. The normalized spacial score (nSPS) is 25.1. The van der Waals surface area contributed by atoms with Crippen LogP contribution in [0, 0.1) is 5.41 Å². The topological polar surface area (TPSA) is 32.3 Å². The first-order valence-corrected chi connectivity index (χ1v) is 8.13. The third kappa shape index (κ3) is 4.20. The summed E-state index contributed by atoms with van der Waals surface area (Å²) >= 11 is 0. The Morgan fingerprint density at radius 2 is 1.68 bits per heavy atom. The molecule has 1 amide bonds. The summed E-state index contributed by atoms with van der Waals surface area (Å²) in [5.74, 6) is 0.305. The highest BCUT2D eigenvalue weighted by atomic mass is 16.2. The largest absolute Gasteiger partial charge is 0.341 e. The number of hydrogen-bond acceptors (Lipinski definition) is 2. The van der Waals surface area contributed by atoms with Crippen LogP contribution >= 0.6 is 0 Å². The molecular weight excluding hydrogens is 236 g/mol. The Labute approximate surface area is 118 Å². The van der Waals surface area contributed by atoms with Crippen molar-refractivity contribution in [2.24, 2.45) is 5.41 Å². The van der Waals surface area contributed by atoms with Gasteiger partial charge in [0.2, 0.25) is 5.91 Å². The van der Waals surface area contributed by atoms with E-state index >= 15 is 0 Å². The fourth-order valence-electron chi connectivity index (χ4n) is 3.46. The second-order valence-corrected chi connectivity index (χ2v) is 6.86. The number of nitrogens with one attached hydrogen (secondary N) is 1. The van der Waals surface area contributed by atoms with E-state index in [1.807, 2.05) is 11.8 Å². The lowest BCUT2D eigenvalue weighted by atomic mass is 9.75. The smallest absolute Gasteiger partial charge is 0.239 e. The highest BCUT2D eigenvalue weighted by Crippen LogP contribution is 2.35. The molecular formula is C16H30N2O. The zero-order valence-corrected chi connectivity index (χ0v) is 12.7. The van der Waals surface area contributed by atoms with E-state index in [0.29, 0.717) is 11.3 Å². The van der Waals surface area contributed by atoms with Crippen LogP contribution in [0.2, 0.25) is 0 Å². The number of amides is 1. The van der Waals surface area contributed by atoms with Gasteiger partial charge in [0.15, 0.2) is 0 Å². The van der Waals surface area contributed by atoms with Crippen LogP contribution in [0.5, 0.6) is 0 Å². The average molecular weight is 266 g/mol. The zero-order chi connectivity index (χ0) is 13.7. The monoisotopic (exact) mass is 266 g/mol. The number of rotatable bonds is 4. The van der Waals surface area contributed by atoms with Crippen molar-refractivity contribution in [1.82, 2.24) is 10.2 Å². The van der Waals surface area contributed by atoms with Gasteiger partial charge in [-0.2, -0.15) is 0 Å². The molecule has 2 fully saturated rings. The van der Waals surface area contributed by atoms with Crippen LogP contribution in [0.1, 0.15) is 65.2 Å². The van der Waals surface area contributed by atoms with Crippen LogP contribution in [0.15, 0.2) is 0 Å².